The van der Waals surface area contributed by atoms with Crippen molar-refractivity contribution in [3.8, 4) is 0 Å². The van der Waals surface area contributed by atoms with Gasteiger partial charge in [0.05, 0.1) is 5.92 Å². The molecule has 0 aliphatic rings. The molecule has 2 heteroatoms. The highest BCUT2D eigenvalue weighted by Crippen LogP contribution is 2.19. The molecule has 0 aliphatic carbocycles. The molecule has 0 heterocycles. The Balaban J connectivity index is 4.26. The molecule has 1 unspecified atom stereocenters. The van der Waals surface area contributed by atoms with Gasteiger partial charge in [0.2, 0.25) is 0 Å². The molecule has 0 spiro atoms. The molecule has 0 aromatic rings. The second-order valence-electron chi connectivity index (χ2n) is 6.01. The predicted octanol–water partition coefficient (Wildman–Crippen LogP) is 4.43. The van der Waals surface area contributed by atoms with Gasteiger partial charge in [0.1, 0.15) is 6.10 Å². The molecule has 2 nitrogen and oxygen atoms in total. The molecule has 0 saturated carbocycles. The van der Waals surface area contributed by atoms with Crippen molar-refractivity contribution in [3.05, 3.63) is 0 Å². The molecule has 0 aromatic heterocycles. The van der Waals surface area contributed by atoms with Crippen LogP contribution in [0.5, 0.6) is 0 Å². The molecule has 0 N–H and O–H groups in total. The zero-order valence-electron chi connectivity index (χ0n) is 12.5. The van der Waals surface area contributed by atoms with Crippen LogP contribution in [0.4, 0.5) is 0 Å². The summed E-state index contributed by atoms with van der Waals surface area (Å²) < 4.78 is 5.65. The second-order valence-corrected chi connectivity index (χ2v) is 6.01. The third-order valence-electron chi connectivity index (χ3n) is 2.88. The van der Waals surface area contributed by atoms with E-state index in [0.29, 0.717) is 11.8 Å². The molecule has 0 radical (unpaired) electrons. The number of hydrogen-bond donors (Lipinski definition) is 0. The van der Waals surface area contributed by atoms with E-state index in [1.54, 1.807) is 0 Å². The summed E-state index contributed by atoms with van der Waals surface area (Å²) in [5, 5.41) is 0. The molecule has 0 aromatic carbocycles. The monoisotopic (exact) mass is 242 g/mol. The Bertz CT molecular complexity index is 199. The van der Waals surface area contributed by atoms with Crippen molar-refractivity contribution in [3.63, 3.8) is 0 Å². The zero-order chi connectivity index (χ0) is 13.4. The van der Waals surface area contributed by atoms with Gasteiger partial charge < -0.3 is 4.74 Å². The van der Waals surface area contributed by atoms with Crippen LogP contribution in [0.25, 0.3) is 0 Å². The molecular formula is C15H30O2. The van der Waals surface area contributed by atoms with E-state index in [2.05, 4.69) is 34.6 Å². The van der Waals surface area contributed by atoms with Gasteiger partial charge in [-0.15, -0.1) is 0 Å². The maximum absolute atomic E-state index is 11.9. The third-order valence-corrected chi connectivity index (χ3v) is 2.88. The van der Waals surface area contributed by atoms with Crippen LogP contribution in [0.2, 0.25) is 0 Å². The number of esters is 1. The highest BCUT2D eigenvalue weighted by Gasteiger charge is 2.21. The maximum atomic E-state index is 11.9. The van der Waals surface area contributed by atoms with Gasteiger partial charge >= 0.3 is 5.97 Å². The molecule has 1 atom stereocenters. The van der Waals surface area contributed by atoms with Gasteiger partial charge in [-0.1, -0.05) is 48.0 Å². The van der Waals surface area contributed by atoms with E-state index in [9.17, 15) is 4.79 Å². The normalized spacial score (nSPS) is 13.5. The van der Waals surface area contributed by atoms with Crippen LogP contribution in [0.3, 0.4) is 0 Å². The second kappa shape index (κ2) is 8.54. The van der Waals surface area contributed by atoms with Crippen molar-refractivity contribution >= 4 is 5.97 Å². The van der Waals surface area contributed by atoms with Crippen LogP contribution in [-0.2, 0) is 9.53 Å². The summed E-state index contributed by atoms with van der Waals surface area (Å²) in [6.07, 6.45) is 4.01. The van der Waals surface area contributed by atoms with Gasteiger partial charge in [0.25, 0.3) is 0 Å². The van der Waals surface area contributed by atoms with Crippen molar-refractivity contribution < 1.29 is 9.53 Å². The quantitative estimate of drug-likeness (QED) is 0.589. The van der Waals surface area contributed by atoms with Crippen molar-refractivity contribution in [2.45, 2.75) is 73.3 Å². The van der Waals surface area contributed by atoms with Gasteiger partial charge in [-0.25, -0.2) is 0 Å². The molecule has 0 rings (SSSR count). The molecule has 0 saturated heterocycles. The number of carbonyl (C=O) groups excluding carboxylic acids is 1. The molecule has 0 fully saturated rings. The van der Waals surface area contributed by atoms with Crippen molar-refractivity contribution in [2.24, 2.45) is 17.8 Å². The lowest BCUT2D eigenvalue weighted by Crippen LogP contribution is -2.25. The summed E-state index contributed by atoms with van der Waals surface area (Å²) in [5.41, 5.74) is 0. The maximum Gasteiger partial charge on any atom is 0.308 e. The fourth-order valence-corrected chi connectivity index (χ4v) is 2.08. The first-order valence-corrected chi connectivity index (χ1v) is 7.07. The molecule has 17 heavy (non-hydrogen) atoms. The summed E-state index contributed by atoms with van der Waals surface area (Å²) in [4.78, 5) is 11.9. The number of carbonyl (C=O) groups is 1. The van der Waals surface area contributed by atoms with E-state index in [1.807, 2.05) is 6.92 Å². The first-order chi connectivity index (χ1) is 7.86. The van der Waals surface area contributed by atoms with Crippen LogP contribution < -0.4 is 0 Å². The van der Waals surface area contributed by atoms with E-state index >= 15 is 0 Å². The van der Waals surface area contributed by atoms with Gasteiger partial charge in [-0.05, 0) is 31.1 Å². The highest BCUT2D eigenvalue weighted by molar-refractivity contribution is 5.72. The van der Waals surface area contributed by atoms with Crippen LogP contribution in [0.15, 0.2) is 0 Å². The van der Waals surface area contributed by atoms with Gasteiger partial charge in [0, 0.05) is 0 Å². The summed E-state index contributed by atoms with van der Waals surface area (Å²) in [6, 6.07) is 0. The fraction of sp³-hybridized carbons (Fsp3) is 0.933. The summed E-state index contributed by atoms with van der Waals surface area (Å²) >= 11 is 0. The van der Waals surface area contributed by atoms with Crippen molar-refractivity contribution in [1.29, 1.82) is 0 Å². The SMILES string of the molecule is CCCC(C)C(=O)OC(CC(C)C)CC(C)C. The molecular weight excluding hydrogens is 212 g/mol. The van der Waals surface area contributed by atoms with E-state index in [0.717, 1.165) is 25.7 Å². The zero-order valence-corrected chi connectivity index (χ0v) is 12.5. The summed E-state index contributed by atoms with van der Waals surface area (Å²) in [7, 11) is 0. The number of rotatable bonds is 8. The van der Waals surface area contributed by atoms with E-state index in [1.165, 1.54) is 0 Å². The minimum absolute atomic E-state index is 0.0156. The number of hydrogen-bond acceptors (Lipinski definition) is 2. The largest absolute Gasteiger partial charge is 0.462 e. The minimum atomic E-state index is -0.0156. The Labute approximate surface area is 107 Å². The topological polar surface area (TPSA) is 26.3 Å². The Kier molecular flexibility index (Phi) is 8.28. The average Bonchev–Trinajstić information content (AvgIpc) is 2.15. The highest BCUT2D eigenvalue weighted by atomic mass is 16.5. The van der Waals surface area contributed by atoms with Crippen molar-refractivity contribution in [1.82, 2.24) is 0 Å². The molecule has 0 bridgehead atoms. The molecule has 102 valence electrons. The lowest BCUT2D eigenvalue weighted by molar-refractivity contribution is -0.155. The summed E-state index contributed by atoms with van der Waals surface area (Å²) in [6.45, 7) is 12.8. The Morgan fingerprint density at radius 3 is 1.82 bits per heavy atom. The van der Waals surface area contributed by atoms with Crippen LogP contribution in [0, 0.1) is 17.8 Å². The smallest absolute Gasteiger partial charge is 0.308 e. The molecule has 0 aliphatic heterocycles. The van der Waals surface area contributed by atoms with Gasteiger partial charge in [-0.2, -0.15) is 0 Å². The van der Waals surface area contributed by atoms with Crippen LogP contribution >= 0.6 is 0 Å². The Hall–Kier alpha value is -0.530. The first kappa shape index (κ1) is 16.5. The van der Waals surface area contributed by atoms with E-state index in [4.69, 9.17) is 4.74 Å². The number of ether oxygens (including phenoxy) is 1. The van der Waals surface area contributed by atoms with Gasteiger partial charge in [0.15, 0.2) is 0 Å². The average molecular weight is 242 g/mol. The van der Waals surface area contributed by atoms with Crippen LogP contribution in [0.1, 0.15) is 67.2 Å². The molecule has 0 amide bonds. The van der Waals surface area contributed by atoms with E-state index in [-0.39, 0.29) is 18.0 Å². The van der Waals surface area contributed by atoms with Crippen LogP contribution in [-0.4, -0.2) is 12.1 Å². The first-order valence-electron chi connectivity index (χ1n) is 7.07. The fourth-order valence-electron chi connectivity index (χ4n) is 2.08. The lowest BCUT2D eigenvalue weighted by atomic mass is 9.97. The predicted molar refractivity (Wildman–Crippen MR) is 72.9 cm³/mol. The Morgan fingerprint density at radius 1 is 1.00 bits per heavy atom. The Morgan fingerprint density at radius 2 is 1.47 bits per heavy atom. The van der Waals surface area contributed by atoms with E-state index < -0.39 is 0 Å². The minimum Gasteiger partial charge on any atom is -0.462 e. The van der Waals surface area contributed by atoms with Crippen molar-refractivity contribution in [2.75, 3.05) is 0 Å². The third kappa shape index (κ3) is 8.23. The standard InChI is InChI=1S/C15H30O2/c1-7-8-13(6)15(16)17-14(9-11(2)3)10-12(4)5/h11-14H,7-10H2,1-6H3. The van der Waals surface area contributed by atoms with Gasteiger partial charge in [-0.3, -0.25) is 4.79 Å². The lowest BCUT2D eigenvalue weighted by Gasteiger charge is -2.23. The summed E-state index contributed by atoms with van der Waals surface area (Å²) in [5.74, 6) is 1.18.